The SMILES string of the molecule is c1ccc(-n2c3ccccc3c3ccc(N(c4ccc(-c5ccc6oc7ccccc7c6c5)cc4)c4ccc5c(c4)oc4ccccc45)cc32)cc1. The van der Waals surface area contributed by atoms with Gasteiger partial charge in [0.05, 0.1) is 11.0 Å². The Balaban J connectivity index is 1.09. The first-order chi connectivity index (χ1) is 25.8. The molecule has 0 saturated carbocycles. The number of anilines is 3. The van der Waals surface area contributed by atoms with Gasteiger partial charge in [-0.15, -0.1) is 0 Å². The topological polar surface area (TPSA) is 34.5 Å². The van der Waals surface area contributed by atoms with Crippen molar-refractivity contribution in [2.24, 2.45) is 0 Å². The Labute approximate surface area is 299 Å². The van der Waals surface area contributed by atoms with E-state index in [4.69, 9.17) is 8.83 Å². The molecule has 0 atom stereocenters. The maximum atomic E-state index is 6.40. The number of fused-ring (bicyclic) bond motifs is 9. The molecule has 8 aromatic carbocycles. The van der Waals surface area contributed by atoms with Crippen LogP contribution in [0, 0.1) is 0 Å². The van der Waals surface area contributed by atoms with E-state index in [-0.39, 0.29) is 0 Å². The Morgan fingerprint density at radius 2 is 0.865 bits per heavy atom. The monoisotopic (exact) mass is 666 g/mol. The van der Waals surface area contributed by atoms with Crippen molar-refractivity contribution >= 4 is 82.7 Å². The molecule has 0 aliphatic carbocycles. The normalized spacial score (nSPS) is 11.8. The van der Waals surface area contributed by atoms with E-state index >= 15 is 0 Å². The first-order valence-electron chi connectivity index (χ1n) is 17.6. The van der Waals surface area contributed by atoms with Crippen LogP contribution in [0.1, 0.15) is 0 Å². The molecule has 244 valence electrons. The van der Waals surface area contributed by atoms with Gasteiger partial charge in [-0.1, -0.05) is 97.1 Å². The lowest BCUT2D eigenvalue weighted by molar-refractivity contribution is 0.668. The van der Waals surface area contributed by atoms with E-state index in [2.05, 4.69) is 167 Å². The summed E-state index contributed by atoms with van der Waals surface area (Å²) in [6, 6.07) is 64.4. The minimum absolute atomic E-state index is 0.862. The Bertz CT molecular complexity index is 3130. The van der Waals surface area contributed by atoms with Gasteiger partial charge < -0.3 is 18.3 Å². The zero-order valence-corrected chi connectivity index (χ0v) is 28.0. The first kappa shape index (κ1) is 28.8. The van der Waals surface area contributed by atoms with Crippen LogP contribution >= 0.6 is 0 Å². The van der Waals surface area contributed by atoms with Crippen LogP contribution in [0.5, 0.6) is 0 Å². The van der Waals surface area contributed by atoms with Gasteiger partial charge in [0.1, 0.15) is 22.3 Å². The van der Waals surface area contributed by atoms with Gasteiger partial charge in [-0.05, 0) is 90.0 Å². The second-order valence-electron chi connectivity index (χ2n) is 13.4. The minimum Gasteiger partial charge on any atom is -0.456 e. The zero-order chi connectivity index (χ0) is 34.2. The molecule has 0 bridgehead atoms. The highest BCUT2D eigenvalue weighted by atomic mass is 16.3. The van der Waals surface area contributed by atoms with Crippen LogP contribution < -0.4 is 4.90 Å². The van der Waals surface area contributed by atoms with Gasteiger partial charge >= 0.3 is 0 Å². The molecule has 0 radical (unpaired) electrons. The van der Waals surface area contributed by atoms with E-state index in [1.54, 1.807) is 0 Å². The lowest BCUT2D eigenvalue weighted by Crippen LogP contribution is -2.10. The van der Waals surface area contributed by atoms with E-state index in [9.17, 15) is 0 Å². The van der Waals surface area contributed by atoms with E-state index in [0.717, 1.165) is 83.3 Å². The van der Waals surface area contributed by atoms with Crippen molar-refractivity contribution in [3.63, 3.8) is 0 Å². The summed E-state index contributed by atoms with van der Waals surface area (Å²) < 4.78 is 14.9. The predicted molar refractivity (Wildman–Crippen MR) is 215 cm³/mol. The van der Waals surface area contributed by atoms with Crippen molar-refractivity contribution in [1.82, 2.24) is 4.57 Å². The van der Waals surface area contributed by atoms with Crippen molar-refractivity contribution in [2.45, 2.75) is 0 Å². The average molecular weight is 667 g/mol. The lowest BCUT2D eigenvalue weighted by atomic mass is 10.0. The van der Waals surface area contributed by atoms with E-state index in [1.807, 2.05) is 24.3 Å². The molecule has 0 aliphatic heterocycles. The van der Waals surface area contributed by atoms with E-state index in [0.29, 0.717) is 0 Å². The second kappa shape index (κ2) is 11.2. The quantitative estimate of drug-likeness (QED) is 0.183. The lowest BCUT2D eigenvalue weighted by Gasteiger charge is -2.26. The van der Waals surface area contributed by atoms with Crippen LogP contribution in [0.4, 0.5) is 17.1 Å². The molecule has 3 aromatic heterocycles. The molecule has 0 spiro atoms. The summed E-state index contributed by atoms with van der Waals surface area (Å²) >= 11 is 0. The van der Waals surface area contributed by atoms with Crippen LogP contribution in [-0.2, 0) is 0 Å². The molecular formula is C48H30N2O2. The molecule has 11 rings (SSSR count). The summed E-state index contributed by atoms with van der Waals surface area (Å²) in [5.74, 6) is 0. The third-order valence-electron chi connectivity index (χ3n) is 10.4. The van der Waals surface area contributed by atoms with Crippen molar-refractivity contribution < 1.29 is 8.83 Å². The molecule has 3 heterocycles. The Morgan fingerprint density at radius 3 is 1.65 bits per heavy atom. The largest absolute Gasteiger partial charge is 0.456 e. The van der Waals surface area contributed by atoms with Gasteiger partial charge in [0.25, 0.3) is 0 Å². The van der Waals surface area contributed by atoms with Crippen LogP contribution in [0.2, 0.25) is 0 Å². The summed E-state index contributed by atoms with van der Waals surface area (Å²) in [5.41, 5.74) is 12.4. The fourth-order valence-electron chi connectivity index (χ4n) is 7.96. The maximum Gasteiger partial charge on any atom is 0.137 e. The molecule has 0 amide bonds. The van der Waals surface area contributed by atoms with Crippen LogP contribution in [0.15, 0.2) is 191 Å². The molecule has 11 aromatic rings. The number of nitrogens with zero attached hydrogens (tertiary/aromatic N) is 2. The Morgan fingerprint density at radius 1 is 0.327 bits per heavy atom. The maximum absolute atomic E-state index is 6.40. The van der Waals surface area contributed by atoms with E-state index < -0.39 is 0 Å². The number of benzene rings is 8. The number of rotatable bonds is 5. The van der Waals surface area contributed by atoms with Gasteiger partial charge in [-0.25, -0.2) is 0 Å². The predicted octanol–water partition coefficient (Wildman–Crippen LogP) is 13.7. The molecule has 0 aliphatic rings. The first-order valence-corrected chi connectivity index (χ1v) is 17.6. The van der Waals surface area contributed by atoms with Gasteiger partial charge in [-0.2, -0.15) is 0 Å². The van der Waals surface area contributed by atoms with Crippen molar-refractivity contribution in [2.75, 3.05) is 4.90 Å². The highest BCUT2D eigenvalue weighted by molar-refractivity contribution is 6.11. The fourth-order valence-corrected chi connectivity index (χ4v) is 7.96. The van der Waals surface area contributed by atoms with E-state index in [1.165, 1.54) is 16.3 Å². The molecule has 0 unspecified atom stereocenters. The number of hydrogen-bond acceptors (Lipinski definition) is 3. The molecule has 4 nitrogen and oxygen atoms in total. The minimum atomic E-state index is 0.862. The Hall–Kier alpha value is -7.04. The smallest absolute Gasteiger partial charge is 0.137 e. The molecule has 0 N–H and O–H groups in total. The van der Waals surface area contributed by atoms with Gasteiger partial charge in [-0.3, -0.25) is 0 Å². The van der Waals surface area contributed by atoms with Crippen molar-refractivity contribution in [3.05, 3.63) is 182 Å². The van der Waals surface area contributed by atoms with Gasteiger partial charge in [0, 0.05) is 61.1 Å². The third kappa shape index (κ3) is 4.41. The zero-order valence-electron chi connectivity index (χ0n) is 28.0. The summed E-state index contributed by atoms with van der Waals surface area (Å²) in [6.07, 6.45) is 0. The highest BCUT2D eigenvalue weighted by Gasteiger charge is 2.19. The third-order valence-corrected chi connectivity index (χ3v) is 10.4. The number of hydrogen-bond donors (Lipinski definition) is 0. The van der Waals surface area contributed by atoms with Crippen molar-refractivity contribution in [1.29, 1.82) is 0 Å². The summed E-state index contributed by atoms with van der Waals surface area (Å²) in [7, 11) is 0. The van der Waals surface area contributed by atoms with Gasteiger partial charge in [0.2, 0.25) is 0 Å². The van der Waals surface area contributed by atoms with Crippen LogP contribution in [0.3, 0.4) is 0 Å². The number of furan rings is 2. The second-order valence-corrected chi connectivity index (χ2v) is 13.4. The van der Waals surface area contributed by atoms with Crippen molar-refractivity contribution in [3.8, 4) is 16.8 Å². The summed E-state index contributed by atoms with van der Waals surface area (Å²) in [4.78, 5) is 2.33. The molecule has 52 heavy (non-hydrogen) atoms. The standard InChI is InChI=1S/C48H30N2O2/c1-2-10-33(11-3-1)50-43-15-7-4-12-37(43)38-25-23-35(29-44(38)50)49(36-24-26-41-39-13-5-8-16-45(39)52-48(41)30-36)34-21-18-31(19-22-34)32-20-27-47-42(28-32)40-14-6-9-17-46(40)51-47/h1-30H. The van der Waals surface area contributed by atoms with Gasteiger partial charge in [0.15, 0.2) is 0 Å². The fraction of sp³-hybridized carbons (Fsp3) is 0. The van der Waals surface area contributed by atoms with Crippen LogP contribution in [0.25, 0.3) is 82.5 Å². The summed E-state index contributed by atoms with van der Waals surface area (Å²) in [6.45, 7) is 0. The highest BCUT2D eigenvalue weighted by Crippen LogP contribution is 2.42. The molecule has 0 saturated heterocycles. The summed E-state index contributed by atoms with van der Waals surface area (Å²) in [5, 5.41) is 6.93. The van der Waals surface area contributed by atoms with Crippen LogP contribution in [-0.4, -0.2) is 4.57 Å². The average Bonchev–Trinajstić information content (AvgIpc) is 3.87. The number of para-hydroxylation sites is 4. The Kier molecular flexibility index (Phi) is 6.22. The number of aromatic nitrogens is 1. The molecular weight excluding hydrogens is 637 g/mol. The molecule has 4 heteroatoms. The molecule has 0 fully saturated rings.